The van der Waals surface area contributed by atoms with Crippen LogP contribution < -0.4 is 10.1 Å². The Morgan fingerprint density at radius 2 is 2.04 bits per heavy atom. The molecule has 3 aromatic rings. The minimum Gasteiger partial charge on any atom is -0.473 e. The summed E-state index contributed by atoms with van der Waals surface area (Å²) in [4.78, 5) is 23.8. The van der Waals surface area contributed by atoms with E-state index in [1.54, 1.807) is 18.6 Å². The van der Waals surface area contributed by atoms with Crippen molar-refractivity contribution in [2.75, 3.05) is 0 Å². The van der Waals surface area contributed by atoms with E-state index in [2.05, 4.69) is 20.3 Å². The SMILES string of the molecule is O=C(NC1CCC(Oc2cnccn2)CC1)c1ccc2cc[nH]c2c1. The summed E-state index contributed by atoms with van der Waals surface area (Å²) >= 11 is 0. The molecule has 6 nitrogen and oxygen atoms in total. The van der Waals surface area contributed by atoms with Crippen LogP contribution in [0.4, 0.5) is 0 Å². The van der Waals surface area contributed by atoms with Gasteiger partial charge in [-0.1, -0.05) is 6.07 Å². The van der Waals surface area contributed by atoms with E-state index in [1.165, 1.54) is 0 Å². The summed E-state index contributed by atoms with van der Waals surface area (Å²) in [5.41, 5.74) is 1.67. The van der Waals surface area contributed by atoms with Crippen molar-refractivity contribution < 1.29 is 9.53 Å². The standard InChI is InChI=1S/C19H20N4O2/c24-19(14-2-1-13-7-8-21-17(13)11-14)23-15-3-5-16(6-4-15)25-18-12-20-9-10-22-18/h1-2,7-12,15-16,21H,3-6H2,(H,23,24). The fourth-order valence-corrected chi connectivity index (χ4v) is 3.30. The number of hydrogen-bond donors (Lipinski definition) is 2. The maximum absolute atomic E-state index is 12.5. The van der Waals surface area contributed by atoms with Gasteiger partial charge in [0.15, 0.2) is 0 Å². The highest BCUT2D eigenvalue weighted by molar-refractivity contribution is 5.98. The second-order valence-corrected chi connectivity index (χ2v) is 6.39. The fourth-order valence-electron chi connectivity index (χ4n) is 3.30. The molecule has 0 saturated heterocycles. The van der Waals surface area contributed by atoms with E-state index >= 15 is 0 Å². The van der Waals surface area contributed by atoms with E-state index in [0.717, 1.165) is 36.6 Å². The minimum absolute atomic E-state index is 0.0187. The topological polar surface area (TPSA) is 79.9 Å². The summed E-state index contributed by atoms with van der Waals surface area (Å²) in [6.07, 6.45) is 10.5. The third-order valence-corrected chi connectivity index (χ3v) is 4.65. The Hall–Kier alpha value is -2.89. The molecule has 0 radical (unpaired) electrons. The molecule has 4 rings (SSSR count). The molecule has 1 fully saturated rings. The van der Waals surface area contributed by atoms with Crippen LogP contribution in [0.1, 0.15) is 36.0 Å². The van der Waals surface area contributed by atoms with Crippen LogP contribution in [-0.4, -0.2) is 33.0 Å². The predicted octanol–water partition coefficient (Wildman–Crippen LogP) is 3.08. The summed E-state index contributed by atoms with van der Waals surface area (Å²) in [6, 6.07) is 7.91. The van der Waals surface area contributed by atoms with Gasteiger partial charge in [0.25, 0.3) is 5.91 Å². The second kappa shape index (κ2) is 6.93. The van der Waals surface area contributed by atoms with Gasteiger partial charge in [0.05, 0.1) is 6.20 Å². The van der Waals surface area contributed by atoms with Crippen LogP contribution in [0, 0.1) is 0 Å². The van der Waals surface area contributed by atoms with E-state index in [4.69, 9.17) is 4.74 Å². The number of hydrogen-bond acceptors (Lipinski definition) is 4. The summed E-state index contributed by atoms with van der Waals surface area (Å²) < 4.78 is 5.84. The fraction of sp³-hybridized carbons (Fsp3) is 0.316. The zero-order valence-electron chi connectivity index (χ0n) is 13.8. The third kappa shape index (κ3) is 3.63. The number of fused-ring (bicyclic) bond motifs is 1. The lowest BCUT2D eigenvalue weighted by atomic mass is 9.92. The number of nitrogens with one attached hydrogen (secondary N) is 2. The summed E-state index contributed by atoms with van der Waals surface area (Å²) in [5.74, 6) is 0.545. The van der Waals surface area contributed by atoms with Crippen LogP contribution in [0.3, 0.4) is 0 Å². The molecule has 1 aromatic carbocycles. The summed E-state index contributed by atoms with van der Waals surface area (Å²) in [7, 11) is 0. The van der Waals surface area contributed by atoms with Crippen LogP contribution in [-0.2, 0) is 0 Å². The quantitative estimate of drug-likeness (QED) is 0.767. The van der Waals surface area contributed by atoms with Gasteiger partial charge in [0.1, 0.15) is 6.10 Å². The van der Waals surface area contributed by atoms with Crippen molar-refractivity contribution in [1.29, 1.82) is 0 Å². The van der Waals surface area contributed by atoms with Crippen LogP contribution in [0.15, 0.2) is 49.1 Å². The van der Waals surface area contributed by atoms with Crippen LogP contribution >= 0.6 is 0 Å². The summed E-state index contributed by atoms with van der Waals surface area (Å²) in [5, 5.41) is 4.25. The molecule has 25 heavy (non-hydrogen) atoms. The lowest BCUT2D eigenvalue weighted by molar-refractivity contribution is 0.0890. The highest BCUT2D eigenvalue weighted by atomic mass is 16.5. The number of nitrogens with zero attached hydrogens (tertiary/aromatic N) is 2. The molecule has 128 valence electrons. The zero-order chi connectivity index (χ0) is 17.1. The summed E-state index contributed by atoms with van der Waals surface area (Å²) in [6.45, 7) is 0. The molecule has 2 N–H and O–H groups in total. The Morgan fingerprint density at radius 1 is 1.16 bits per heavy atom. The van der Waals surface area contributed by atoms with Gasteiger partial charge in [-0.3, -0.25) is 9.78 Å². The lowest BCUT2D eigenvalue weighted by Gasteiger charge is -2.29. The number of H-pyrrole nitrogens is 1. The number of carbonyl (C=O) groups excluding carboxylic acids is 1. The van der Waals surface area contributed by atoms with Gasteiger partial charge in [-0.15, -0.1) is 0 Å². The van der Waals surface area contributed by atoms with Crippen LogP contribution in [0.2, 0.25) is 0 Å². The monoisotopic (exact) mass is 336 g/mol. The van der Waals surface area contributed by atoms with Gasteiger partial charge in [0, 0.05) is 35.7 Å². The molecular weight excluding hydrogens is 316 g/mol. The maximum Gasteiger partial charge on any atom is 0.251 e. The molecule has 0 spiro atoms. The molecule has 1 aliphatic carbocycles. The lowest BCUT2D eigenvalue weighted by Crippen LogP contribution is -2.39. The molecule has 1 aliphatic rings. The van der Waals surface area contributed by atoms with Crippen molar-refractivity contribution >= 4 is 16.8 Å². The number of benzene rings is 1. The number of aromatic nitrogens is 3. The Kier molecular flexibility index (Phi) is 4.33. The molecule has 0 atom stereocenters. The Morgan fingerprint density at radius 3 is 2.84 bits per heavy atom. The smallest absolute Gasteiger partial charge is 0.251 e. The Labute approximate surface area is 145 Å². The largest absolute Gasteiger partial charge is 0.473 e. The molecule has 0 unspecified atom stereocenters. The molecule has 1 amide bonds. The van der Waals surface area contributed by atoms with E-state index < -0.39 is 0 Å². The van der Waals surface area contributed by atoms with Gasteiger partial charge < -0.3 is 15.0 Å². The third-order valence-electron chi connectivity index (χ3n) is 4.65. The van der Waals surface area contributed by atoms with Crippen molar-refractivity contribution in [3.63, 3.8) is 0 Å². The second-order valence-electron chi connectivity index (χ2n) is 6.39. The Balaban J connectivity index is 1.31. The number of aromatic amines is 1. The van der Waals surface area contributed by atoms with Gasteiger partial charge >= 0.3 is 0 Å². The highest BCUT2D eigenvalue weighted by Crippen LogP contribution is 2.23. The molecule has 0 bridgehead atoms. The van der Waals surface area contributed by atoms with E-state index in [1.807, 2.05) is 30.5 Å². The Bertz CT molecular complexity index is 854. The first kappa shape index (κ1) is 15.6. The van der Waals surface area contributed by atoms with Crippen LogP contribution in [0.5, 0.6) is 5.88 Å². The first-order chi connectivity index (χ1) is 12.3. The van der Waals surface area contributed by atoms with Crippen molar-refractivity contribution in [1.82, 2.24) is 20.3 Å². The van der Waals surface area contributed by atoms with Crippen molar-refractivity contribution in [2.24, 2.45) is 0 Å². The number of rotatable bonds is 4. The van der Waals surface area contributed by atoms with Crippen molar-refractivity contribution in [2.45, 2.75) is 37.8 Å². The van der Waals surface area contributed by atoms with Crippen LogP contribution in [0.25, 0.3) is 10.9 Å². The predicted molar refractivity (Wildman–Crippen MR) is 94.5 cm³/mol. The molecule has 2 heterocycles. The minimum atomic E-state index is -0.0187. The van der Waals surface area contributed by atoms with Crippen molar-refractivity contribution in [3.05, 3.63) is 54.6 Å². The molecule has 2 aromatic heterocycles. The van der Waals surface area contributed by atoms with Gasteiger partial charge in [-0.2, -0.15) is 0 Å². The average molecular weight is 336 g/mol. The molecular formula is C19H20N4O2. The van der Waals surface area contributed by atoms with Gasteiger partial charge in [-0.05, 0) is 49.3 Å². The first-order valence-electron chi connectivity index (χ1n) is 8.58. The first-order valence-corrected chi connectivity index (χ1v) is 8.58. The van der Waals surface area contributed by atoms with Gasteiger partial charge in [-0.25, -0.2) is 4.98 Å². The maximum atomic E-state index is 12.5. The molecule has 6 heteroatoms. The highest BCUT2D eigenvalue weighted by Gasteiger charge is 2.24. The van der Waals surface area contributed by atoms with Gasteiger partial charge in [0.2, 0.25) is 5.88 Å². The number of carbonyl (C=O) groups is 1. The van der Waals surface area contributed by atoms with E-state index in [0.29, 0.717) is 11.4 Å². The van der Waals surface area contributed by atoms with Crippen molar-refractivity contribution in [3.8, 4) is 5.88 Å². The number of ether oxygens (including phenoxy) is 1. The average Bonchev–Trinajstić information content (AvgIpc) is 3.12. The number of amides is 1. The van der Waals surface area contributed by atoms with E-state index in [-0.39, 0.29) is 18.1 Å². The van der Waals surface area contributed by atoms with E-state index in [9.17, 15) is 4.79 Å². The molecule has 0 aliphatic heterocycles. The normalized spacial score (nSPS) is 20.3. The molecule has 1 saturated carbocycles. The zero-order valence-corrected chi connectivity index (χ0v) is 13.8.